The molecule has 0 radical (unpaired) electrons. The summed E-state index contributed by atoms with van der Waals surface area (Å²) in [4.78, 5) is 11.8. The van der Waals surface area contributed by atoms with Crippen LogP contribution in [-0.4, -0.2) is 33.6 Å². The maximum absolute atomic E-state index is 11.8. The fraction of sp³-hybridized carbons (Fsp3) is 0.412. The molecular weight excluding hydrogens is 292 g/mol. The molecule has 2 unspecified atom stereocenters. The minimum atomic E-state index is -0.348. The molecule has 2 aromatic rings. The molecule has 0 aliphatic rings. The van der Waals surface area contributed by atoms with Crippen LogP contribution in [0.15, 0.2) is 42.7 Å². The van der Waals surface area contributed by atoms with Crippen LogP contribution in [0.1, 0.15) is 25.8 Å². The van der Waals surface area contributed by atoms with Gasteiger partial charge in [0, 0.05) is 24.8 Å². The number of amides is 2. The van der Waals surface area contributed by atoms with Gasteiger partial charge in [-0.3, -0.25) is 0 Å². The predicted molar refractivity (Wildman–Crippen MR) is 89.3 cm³/mol. The monoisotopic (exact) mass is 316 g/mol. The first-order chi connectivity index (χ1) is 11.0. The van der Waals surface area contributed by atoms with E-state index in [-0.39, 0.29) is 18.1 Å². The lowest BCUT2D eigenvalue weighted by atomic mass is 10.1. The van der Waals surface area contributed by atoms with Gasteiger partial charge < -0.3 is 15.7 Å². The van der Waals surface area contributed by atoms with E-state index in [2.05, 4.69) is 15.7 Å². The molecule has 0 bridgehead atoms. The summed E-state index contributed by atoms with van der Waals surface area (Å²) in [5.74, 6) is 0.238. The van der Waals surface area contributed by atoms with Crippen LogP contribution in [0, 0.1) is 5.92 Å². The van der Waals surface area contributed by atoms with Crippen LogP contribution < -0.4 is 10.6 Å². The van der Waals surface area contributed by atoms with Crippen LogP contribution in [0.25, 0.3) is 5.69 Å². The summed E-state index contributed by atoms with van der Waals surface area (Å²) >= 11 is 0. The van der Waals surface area contributed by atoms with Gasteiger partial charge in [-0.1, -0.05) is 25.1 Å². The summed E-state index contributed by atoms with van der Waals surface area (Å²) in [6.45, 7) is 4.71. The lowest BCUT2D eigenvalue weighted by Gasteiger charge is -2.14. The van der Waals surface area contributed by atoms with Crippen molar-refractivity contribution in [3.05, 3.63) is 48.3 Å². The van der Waals surface area contributed by atoms with Crippen molar-refractivity contribution in [1.82, 2.24) is 20.4 Å². The third kappa shape index (κ3) is 5.75. The number of nitrogens with one attached hydrogen (secondary N) is 2. The second kappa shape index (κ2) is 8.33. The van der Waals surface area contributed by atoms with Crippen molar-refractivity contribution in [2.75, 3.05) is 6.54 Å². The molecule has 3 N–H and O–H groups in total. The first-order valence-electron chi connectivity index (χ1n) is 7.83. The minimum Gasteiger partial charge on any atom is -0.393 e. The Morgan fingerprint density at radius 1 is 1.26 bits per heavy atom. The van der Waals surface area contributed by atoms with Crippen LogP contribution in [0.3, 0.4) is 0 Å². The number of nitrogens with zero attached hydrogens (tertiary/aromatic N) is 2. The van der Waals surface area contributed by atoms with Crippen LogP contribution in [0.5, 0.6) is 0 Å². The molecule has 0 spiro atoms. The summed E-state index contributed by atoms with van der Waals surface area (Å²) in [5.41, 5.74) is 1.91. The molecule has 2 rings (SSSR count). The third-order valence-corrected chi connectivity index (χ3v) is 3.46. The molecule has 0 saturated carbocycles. The number of urea groups is 1. The third-order valence-electron chi connectivity index (χ3n) is 3.46. The summed E-state index contributed by atoms with van der Waals surface area (Å²) in [6.07, 6.45) is 3.96. The van der Waals surface area contributed by atoms with E-state index in [1.807, 2.05) is 43.5 Å². The molecule has 0 aliphatic heterocycles. The lowest BCUT2D eigenvalue weighted by molar-refractivity contribution is 0.163. The zero-order valence-electron chi connectivity index (χ0n) is 13.6. The van der Waals surface area contributed by atoms with E-state index in [1.165, 1.54) is 0 Å². The van der Waals surface area contributed by atoms with Crippen molar-refractivity contribution < 1.29 is 9.90 Å². The van der Waals surface area contributed by atoms with Crippen LogP contribution >= 0.6 is 0 Å². The second-order valence-corrected chi connectivity index (χ2v) is 5.88. The molecule has 6 heteroatoms. The van der Waals surface area contributed by atoms with Crippen molar-refractivity contribution in [2.45, 2.75) is 32.9 Å². The van der Waals surface area contributed by atoms with Crippen molar-refractivity contribution in [3.8, 4) is 5.69 Å². The molecule has 6 nitrogen and oxygen atoms in total. The van der Waals surface area contributed by atoms with E-state index in [0.717, 1.165) is 11.3 Å². The molecular formula is C17H24N4O2. The van der Waals surface area contributed by atoms with Gasteiger partial charge in [0.2, 0.25) is 0 Å². The summed E-state index contributed by atoms with van der Waals surface area (Å²) in [6, 6.07) is 9.60. The average molecular weight is 316 g/mol. The van der Waals surface area contributed by atoms with Crippen molar-refractivity contribution in [3.63, 3.8) is 0 Å². The maximum Gasteiger partial charge on any atom is 0.315 e. The van der Waals surface area contributed by atoms with Crippen LogP contribution in [0.4, 0.5) is 4.79 Å². The van der Waals surface area contributed by atoms with Gasteiger partial charge in [-0.25, -0.2) is 9.48 Å². The highest BCUT2D eigenvalue weighted by Crippen LogP contribution is 2.07. The van der Waals surface area contributed by atoms with Gasteiger partial charge in [-0.05, 0) is 31.4 Å². The van der Waals surface area contributed by atoms with Crippen LogP contribution in [-0.2, 0) is 6.54 Å². The number of aliphatic hydroxyl groups is 1. The van der Waals surface area contributed by atoms with E-state index < -0.39 is 0 Å². The van der Waals surface area contributed by atoms with E-state index >= 15 is 0 Å². The Morgan fingerprint density at radius 3 is 2.70 bits per heavy atom. The van der Waals surface area contributed by atoms with Crippen molar-refractivity contribution >= 4 is 6.03 Å². The Labute approximate surface area is 136 Å². The lowest BCUT2D eigenvalue weighted by Crippen LogP contribution is -2.37. The fourth-order valence-corrected chi connectivity index (χ4v) is 2.35. The van der Waals surface area contributed by atoms with E-state index in [9.17, 15) is 9.90 Å². The Kier molecular flexibility index (Phi) is 6.17. The molecule has 2 atom stereocenters. The molecule has 0 saturated heterocycles. The fourth-order valence-electron chi connectivity index (χ4n) is 2.35. The van der Waals surface area contributed by atoms with E-state index in [0.29, 0.717) is 19.5 Å². The number of aromatic nitrogens is 2. The summed E-state index contributed by atoms with van der Waals surface area (Å²) in [7, 11) is 0. The van der Waals surface area contributed by atoms with Gasteiger partial charge >= 0.3 is 6.03 Å². The number of hydrogen-bond donors (Lipinski definition) is 3. The molecule has 1 heterocycles. The minimum absolute atomic E-state index is 0.213. The van der Waals surface area contributed by atoms with Gasteiger partial charge in [0.05, 0.1) is 18.0 Å². The quantitative estimate of drug-likeness (QED) is 0.732. The zero-order chi connectivity index (χ0) is 16.7. The highest BCUT2D eigenvalue weighted by Gasteiger charge is 2.08. The Hall–Kier alpha value is -2.34. The molecule has 124 valence electrons. The average Bonchev–Trinajstić information content (AvgIpc) is 3.00. The summed E-state index contributed by atoms with van der Waals surface area (Å²) in [5, 5.41) is 19.2. The standard InChI is InChI=1S/C17H24N4O2/c1-13(8-14(2)22)9-18-17(23)19-10-15-11-20-21(12-15)16-6-4-3-5-7-16/h3-7,11-14,22H,8-10H2,1-2H3,(H2,18,19,23). The first kappa shape index (κ1) is 17.0. The number of para-hydroxylation sites is 1. The first-order valence-corrected chi connectivity index (χ1v) is 7.83. The highest BCUT2D eigenvalue weighted by atomic mass is 16.3. The normalized spacial score (nSPS) is 13.3. The Balaban J connectivity index is 1.76. The maximum atomic E-state index is 11.8. The van der Waals surface area contributed by atoms with Gasteiger partial charge in [0.15, 0.2) is 0 Å². The summed E-state index contributed by atoms with van der Waals surface area (Å²) < 4.78 is 1.78. The van der Waals surface area contributed by atoms with Gasteiger partial charge in [-0.2, -0.15) is 5.10 Å². The number of aliphatic hydroxyl groups excluding tert-OH is 1. The Bertz CT molecular complexity index is 610. The Morgan fingerprint density at radius 2 is 2.00 bits per heavy atom. The van der Waals surface area contributed by atoms with Crippen LogP contribution in [0.2, 0.25) is 0 Å². The second-order valence-electron chi connectivity index (χ2n) is 5.88. The largest absolute Gasteiger partial charge is 0.393 e. The molecule has 0 aliphatic carbocycles. The molecule has 2 amide bonds. The van der Waals surface area contributed by atoms with Gasteiger partial charge in [0.1, 0.15) is 0 Å². The SMILES string of the molecule is CC(O)CC(C)CNC(=O)NCc1cnn(-c2ccccc2)c1. The number of hydrogen-bond acceptors (Lipinski definition) is 3. The number of carbonyl (C=O) groups excluding carboxylic acids is 1. The molecule has 1 aromatic heterocycles. The topological polar surface area (TPSA) is 79.2 Å². The number of rotatable bonds is 7. The van der Waals surface area contributed by atoms with E-state index in [4.69, 9.17) is 0 Å². The molecule has 23 heavy (non-hydrogen) atoms. The molecule has 1 aromatic carbocycles. The zero-order valence-corrected chi connectivity index (χ0v) is 13.6. The predicted octanol–water partition coefficient (Wildman–Crippen LogP) is 2.08. The molecule has 0 fully saturated rings. The van der Waals surface area contributed by atoms with E-state index in [1.54, 1.807) is 17.8 Å². The smallest absolute Gasteiger partial charge is 0.315 e. The highest BCUT2D eigenvalue weighted by molar-refractivity contribution is 5.73. The number of carbonyl (C=O) groups is 1. The van der Waals surface area contributed by atoms with Gasteiger partial charge in [0.25, 0.3) is 0 Å². The number of benzene rings is 1. The van der Waals surface area contributed by atoms with Crippen molar-refractivity contribution in [1.29, 1.82) is 0 Å². The van der Waals surface area contributed by atoms with Crippen molar-refractivity contribution in [2.24, 2.45) is 5.92 Å². The van der Waals surface area contributed by atoms with Gasteiger partial charge in [-0.15, -0.1) is 0 Å².